The Balaban J connectivity index is 3.72. The van der Waals surface area contributed by atoms with Crippen LogP contribution in [0.15, 0.2) is 30.3 Å². The van der Waals surface area contributed by atoms with Crippen LogP contribution in [0, 0.1) is 0 Å². The summed E-state index contributed by atoms with van der Waals surface area (Å²) < 4.78 is 1.74. The van der Waals surface area contributed by atoms with Crippen molar-refractivity contribution in [3.63, 3.8) is 0 Å². The summed E-state index contributed by atoms with van der Waals surface area (Å²) in [4.78, 5) is 0. The second-order valence-electron chi connectivity index (χ2n) is 5.97. The average molecular weight is 502 g/mol. The average Bonchev–Trinajstić information content (AvgIpc) is 2.59. The molecule has 136 valence electrons. The number of rotatable bonds is 9. The van der Waals surface area contributed by atoms with E-state index in [-0.39, 0.29) is 0 Å². The summed E-state index contributed by atoms with van der Waals surface area (Å²) in [6.45, 7) is 15.0. The standard InChI is InChI=1S/2C6H15P.C6H5.BrH.Pd/c2*1-4-7(5-2)6-3;1-2-4-6-5-3-1;;/h2*4-6H2,1-3H3;1-5H;1H;/q;;;;-1/p+1. The summed E-state index contributed by atoms with van der Waals surface area (Å²) in [5.74, 6) is 0. The fourth-order valence-corrected chi connectivity index (χ4v) is 81.3. The second kappa shape index (κ2) is 9.07. The van der Waals surface area contributed by atoms with Crippen LogP contribution in [0.25, 0.3) is 0 Å². The molecule has 0 spiro atoms. The molecular weight excluding hydrogens is 464 g/mol. The van der Waals surface area contributed by atoms with Crippen molar-refractivity contribution in [3.8, 4) is 0 Å². The van der Waals surface area contributed by atoms with E-state index in [1.165, 1.54) is 37.0 Å². The van der Waals surface area contributed by atoms with Gasteiger partial charge < -0.3 is 0 Å². The van der Waals surface area contributed by atoms with Crippen LogP contribution in [0.4, 0.5) is 0 Å². The molecule has 1 rings (SSSR count). The van der Waals surface area contributed by atoms with Gasteiger partial charge in [-0.15, -0.1) is 0 Å². The molecule has 0 unspecified atom stereocenters. The van der Waals surface area contributed by atoms with Crippen LogP contribution in [0.3, 0.4) is 0 Å². The zero-order valence-electron chi connectivity index (χ0n) is 15.3. The minimum absolute atomic E-state index is 1.28. The molecule has 0 atom stereocenters. The van der Waals surface area contributed by atoms with E-state index in [0.717, 1.165) is 0 Å². The zero-order chi connectivity index (χ0) is 16.9. The van der Waals surface area contributed by atoms with Gasteiger partial charge in [0, 0.05) is 0 Å². The topological polar surface area (TPSA) is 0 Å². The van der Waals surface area contributed by atoms with E-state index in [9.17, 15) is 0 Å². The maximum absolute atomic E-state index is 4.68. The Kier molecular flexibility index (Phi) is 8.77. The molecule has 0 heterocycles. The van der Waals surface area contributed by atoms with Crippen LogP contribution in [0.5, 0.6) is 0 Å². The Morgan fingerprint density at radius 2 is 1.00 bits per heavy atom. The number of halogens is 1. The van der Waals surface area contributed by atoms with Crippen molar-refractivity contribution in [2.75, 3.05) is 37.0 Å². The quantitative estimate of drug-likeness (QED) is 0.278. The SMILES string of the molecule is CC[PH](CC)(CC)[Pd]([Br])([c]1ccccc1)[PH](CC)(CC)CC. The third-order valence-corrected chi connectivity index (χ3v) is 74.7. The predicted molar refractivity (Wildman–Crippen MR) is 115 cm³/mol. The van der Waals surface area contributed by atoms with Crippen LogP contribution < -0.4 is 4.04 Å². The molecule has 0 N–H and O–H groups in total. The van der Waals surface area contributed by atoms with Gasteiger partial charge in [-0.05, 0) is 0 Å². The molecule has 0 radical (unpaired) electrons. The number of hydrogen-bond acceptors (Lipinski definition) is 0. The molecule has 0 aromatic heterocycles. The van der Waals surface area contributed by atoms with Crippen LogP contribution in [-0.4, -0.2) is 37.0 Å². The number of hydrogen-bond donors (Lipinski definition) is 0. The van der Waals surface area contributed by atoms with Crippen LogP contribution >= 0.6 is 24.3 Å². The van der Waals surface area contributed by atoms with Crippen molar-refractivity contribution in [3.05, 3.63) is 30.3 Å². The maximum atomic E-state index is 4.68. The monoisotopic (exact) mass is 500 g/mol. The van der Waals surface area contributed by atoms with Gasteiger partial charge in [-0.2, -0.15) is 0 Å². The molecule has 0 bridgehead atoms. The summed E-state index contributed by atoms with van der Waals surface area (Å²) in [7, 11) is 0. The minimum atomic E-state index is -1.75. The van der Waals surface area contributed by atoms with Gasteiger partial charge in [0.1, 0.15) is 0 Å². The molecule has 0 saturated heterocycles. The van der Waals surface area contributed by atoms with Crippen molar-refractivity contribution in [1.29, 1.82) is 0 Å². The van der Waals surface area contributed by atoms with Crippen LogP contribution in [0.1, 0.15) is 41.5 Å². The van der Waals surface area contributed by atoms with Crippen molar-refractivity contribution >= 4 is 28.4 Å². The second-order valence-corrected chi connectivity index (χ2v) is 44.8. The first kappa shape index (κ1) is 21.3. The summed E-state index contributed by atoms with van der Waals surface area (Å²) in [6, 6.07) is 11.7. The van der Waals surface area contributed by atoms with E-state index in [2.05, 4.69) is 85.3 Å². The van der Waals surface area contributed by atoms with E-state index in [0.29, 0.717) is 0 Å². The summed E-state index contributed by atoms with van der Waals surface area (Å²) >= 11 is 2.93. The third-order valence-electron chi connectivity index (χ3n) is 5.56. The summed E-state index contributed by atoms with van der Waals surface area (Å²) in [6.07, 6.45) is 8.70. The predicted octanol–water partition coefficient (Wildman–Crippen LogP) is 6.22. The van der Waals surface area contributed by atoms with Gasteiger partial charge in [0.05, 0.1) is 0 Å². The molecule has 1 aromatic carbocycles. The van der Waals surface area contributed by atoms with Gasteiger partial charge in [0.15, 0.2) is 0 Å². The Bertz CT molecular complexity index is 405. The van der Waals surface area contributed by atoms with Gasteiger partial charge in [-0.3, -0.25) is 0 Å². The van der Waals surface area contributed by atoms with Crippen LogP contribution in [0.2, 0.25) is 0 Å². The van der Waals surface area contributed by atoms with Crippen molar-refractivity contribution in [1.82, 2.24) is 0 Å². The first-order valence-corrected chi connectivity index (χ1v) is 22.7. The van der Waals surface area contributed by atoms with E-state index < -0.39 is 23.4 Å². The molecule has 0 saturated carbocycles. The third kappa shape index (κ3) is 3.31. The summed E-state index contributed by atoms with van der Waals surface area (Å²) in [5, 5.41) is 0. The normalized spacial score (nSPS) is 18.5. The molecule has 4 heteroatoms. The van der Waals surface area contributed by atoms with Gasteiger partial charge >= 0.3 is 150 Å². The molecule has 0 nitrogen and oxygen atoms in total. The molecule has 22 heavy (non-hydrogen) atoms. The molecular formula is C18H37BrP2Pd. The zero-order valence-corrected chi connectivity index (χ0v) is 20.5. The van der Waals surface area contributed by atoms with E-state index in [1.807, 2.05) is 0 Å². The Labute approximate surface area is 149 Å². The Morgan fingerprint density at radius 3 is 1.27 bits per heavy atom. The van der Waals surface area contributed by atoms with Gasteiger partial charge in [0.25, 0.3) is 0 Å². The molecule has 0 aliphatic carbocycles. The first-order chi connectivity index (χ1) is 10.5. The number of benzene rings is 1. The van der Waals surface area contributed by atoms with E-state index in [4.69, 9.17) is 0 Å². The van der Waals surface area contributed by atoms with E-state index >= 15 is 0 Å². The molecule has 0 amide bonds. The summed E-state index contributed by atoms with van der Waals surface area (Å²) in [5.41, 5.74) is -2.56. The Morgan fingerprint density at radius 1 is 0.682 bits per heavy atom. The van der Waals surface area contributed by atoms with Crippen molar-refractivity contribution < 1.29 is 12.5 Å². The van der Waals surface area contributed by atoms with Gasteiger partial charge in [-0.1, -0.05) is 0 Å². The molecule has 0 fully saturated rings. The molecule has 0 aliphatic heterocycles. The van der Waals surface area contributed by atoms with E-state index in [1.54, 1.807) is 4.04 Å². The Hall–Kier alpha value is 1.22. The van der Waals surface area contributed by atoms with Crippen molar-refractivity contribution in [2.24, 2.45) is 0 Å². The van der Waals surface area contributed by atoms with Crippen LogP contribution in [-0.2, 0) is 12.5 Å². The van der Waals surface area contributed by atoms with Crippen molar-refractivity contribution in [2.45, 2.75) is 41.5 Å². The molecule has 1 aromatic rings. The van der Waals surface area contributed by atoms with Gasteiger partial charge in [-0.25, -0.2) is 0 Å². The van der Waals surface area contributed by atoms with Gasteiger partial charge in [0.2, 0.25) is 0 Å². The fraction of sp³-hybridized carbons (Fsp3) is 0.667. The molecule has 0 aliphatic rings. The fourth-order valence-electron chi connectivity index (χ4n) is 3.72. The first-order valence-electron chi connectivity index (χ1n) is 8.87.